The number of esters is 1. The lowest BCUT2D eigenvalue weighted by molar-refractivity contribution is -0.136. The van der Waals surface area contributed by atoms with Crippen molar-refractivity contribution in [2.75, 3.05) is 57.4 Å². The minimum Gasteiger partial charge on any atom is -0.426 e. The van der Waals surface area contributed by atoms with Crippen molar-refractivity contribution in [3.8, 4) is 5.75 Å². The van der Waals surface area contributed by atoms with Gasteiger partial charge in [0.15, 0.2) is 0 Å². The van der Waals surface area contributed by atoms with E-state index in [1.165, 1.54) is 42.8 Å². The van der Waals surface area contributed by atoms with Crippen molar-refractivity contribution in [1.82, 2.24) is 9.62 Å². The molecule has 0 amide bonds. The van der Waals surface area contributed by atoms with Gasteiger partial charge in [0.25, 0.3) is 0 Å². The third-order valence-corrected chi connectivity index (χ3v) is 8.11. The Balaban J connectivity index is 1.32. The van der Waals surface area contributed by atoms with Crippen molar-refractivity contribution in [2.45, 2.75) is 37.0 Å². The number of rotatable bonds is 10. The predicted molar refractivity (Wildman–Crippen MR) is 135 cm³/mol. The average molecular weight is 502 g/mol. The van der Waals surface area contributed by atoms with Gasteiger partial charge in [-0.05, 0) is 61.2 Å². The Morgan fingerprint density at radius 2 is 1.66 bits per heavy atom. The van der Waals surface area contributed by atoms with Gasteiger partial charge in [0.05, 0.1) is 24.0 Å². The van der Waals surface area contributed by atoms with Crippen molar-refractivity contribution in [2.24, 2.45) is 0 Å². The van der Waals surface area contributed by atoms with Crippen LogP contribution in [-0.2, 0) is 19.6 Å². The molecule has 2 aliphatic heterocycles. The second-order valence-electron chi connectivity index (χ2n) is 8.99. The fourth-order valence-corrected chi connectivity index (χ4v) is 5.57. The summed E-state index contributed by atoms with van der Waals surface area (Å²) < 4.78 is 38.7. The summed E-state index contributed by atoms with van der Waals surface area (Å²) in [5, 5.41) is 0. The number of sulfonamides is 1. The van der Waals surface area contributed by atoms with E-state index in [0.29, 0.717) is 38.5 Å². The molecule has 0 spiro atoms. The first-order valence-electron chi connectivity index (χ1n) is 12.4. The van der Waals surface area contributed by atoms with E-state index in [4.69, 9.17) is 9.47 Å². The zero-order valence-electron chi connectivity index (χ0n) is 20.3. The van der Waals surface area contributed by atoms with Crippen molar-refractivity contribution in [1.29, 1.82) is 0 Å². The summed E-state index contributed by atoms with van der Waals surface area (Å²) in [7, 11) is -3.63. The van der Waals surface area contributed by atoms with E-state index >= 15 is 0 Å². The molecule has 9 heteroatoms. The molecule has 0 saturated carbocycles. The molecule has 8 nitrogen and oxygen atoms in total. The second-order valence-corrected chi connectivity index (χ2v) is 10.8. The SMILES string of the molecule is CCC(C(=O)Oc1ccc(S(=O)(=O)NCCN2CCOCC2)cc1)c1ccc(N2CCCC2)cc1. The number of morpholine rings is 1. The highest BCUT2D eigenvalue weighted by molar-refractivity contribution is 7.89. The lowest BCUT2D eigenvalue weighted by Gasteiger charge is -2.26. The van der Waals surface area contributed by atoms with Gasteiger partial charge in [-0.15, -0.1) is 0 Å². The third-order valence-electron chi connectivity index (χ3n) is 6.64. The fourth-order valence-electron chi connectivity index (χ4n) is 4.55. The molecule has 1 N–H and O–H groups in total. The van der Waals surface area contributed by atoms with E-state index in [0.717, 1.165) is 31.7 Å². The van der Waals surface area contributed by atoms with Gasteiger partial charge in [-0.25, -0.2) is 13.1 Å². The molecule has 2 fully saturated rings. The van der Waals surface area contributed by atoms with E-state index in [1.807, 2.05) is 19.1 Å². The van der Waals surface area contributed by atoms with Crippen LogP contribution in [0, 0.1) is 0 Å². The highest BCUT2D eigenvalue weighted by atomic mass is 32.2. The summed E-state index contributed by atoms with van der Waals surface area (Å²) in [6.07, 6.45) is 3.05. The zero-order valence-corrected chi connectivity index (χ0v) is 21.1. The van der Waals surface area contributed by atoms with Gasteiger partial charge in [-0.1, -0.05) is 19.1 Å². The van der Waals surface area contributed by atoms with Crippen LogP contribution in [0.3, 0.4) is 0 Å². The predicted octanol–water partition coefficient (Wildman–Crippen LogP) is 3.00. The molecule has 1 unspecified atom stereocenters. The molecule has 4 rings (SSSR count). The second kappa shape index (κ2) is 12.0. The number of hydrogen-bond acceptors (Lipinski definition) is 7. The molecule has 0 aromatic heterocycles. The van der Waals surface area contributed by atoms with Crippen LogP contribution in [0.1, 0.15) is 37.7 Å². The fraction of sp³-hybridized carbons (Fsp3) is 0.500. The molecule has 0 aliphatic carbocycles. The number of benzene rings is 2. The minimum absolute atomic E-state index is 0.142. The monoisotopic (exact) mass is 501 g/mol. The van der Waals surface area contributed by atoms with Gasteiger partial charge in [-0.3, -0.25) is 9.69 Å². The third kappa shape index (κ3) is 6.82. The van der Waals surface area contributed by atoms with E-state index in [-0.39, 0.29) is 16.8 Å². The first-order valence-corrected chi connectivity index (χ1v) is 13.9. The maximum absolute atomic E-state index is 12.9. The highest BCUT2D eigenvalue weighted by Gasteiger charge is 2.22. The van der Waals surface area contributed by atoms with E-state index in [9.17, 15) is 13.2 Å². The van der Waals surface area contributed by atoms with Crippen molar-refractivity contribution in [3.63, 3.8) is 0 Å². The Kier molecular flexibility index (Phi) is 8.78. The largest absolute Gasteiger partial charge is 0.426 e. The van der Waals surface area contributed by atoms with Crippen LogP contribution in [0.2, 0.25) is 0 Å². The molecule has 1 atom stereocenters. The van der Waals surface area contributed by atoms with Crippen molar-refractivity contribution < 1.29 is 22.7 Å². The number of hydrogen-bond donors (Lipinski definition) is 1. The number of nitrogens with zero attached hydrogens (tertiary/aromatic N) is 2. The Morgan fingerprint density at radius 1 is 1.00 bits per heavy atom. The van der Waals surface area contributed by atoms with Crippen LogP contribution in [0.15, 0.2) is 53.4 Å². The average Bonchev–Trinajstić information content (AvgIpc) is 3.41. The van der Waals surface area contributed by atoms with Crippen LogP contribution in [0.25, 0.3) is 0 Å². The van der Waals surface area contributed by atoms with Gasteiger partial charge in [0.1, 0.15) is 5.75 Å². The topological polar surface area (TPSA) is 88.2 Å². The summed E-state index contributed by atoms with van der Waals surface area (Å²) in [6.45, 7) is 8.04. The number of nitrogens with one attached hydrogen (secondary N) is 1. The molecule has 2 aromatic carbocycles. The van der Waals surface area contributed by atoms with Crippen LogP contribution in [0.4, 0.5) is 5.69 Å². The Bertz CT molecular complexity index is 1060. The summed E-state index contributed by atoms with van der Waals surface area (Å²) >= 11 is 0. The summed E-state index contributed by atoms with van der Waals surface area (Å²) in [4.78, 5) is 17.5. The first-order chi connectivity index (χ1) is 17.0. The lowest BCUT2D eigenvalue weighted by atomic mass is 9.96. The highest BCUT2D eigenvalue weighted by Crippen LogP contribution is 2.27. The minimum atomic E-state index is -3.63. The normalized spacial score (nSPS) is 17.9. The van der Waals surface area contributed by atoms with Crippen LogP contribution < -0.4 is 14.4 Å². The smallest absolute Gasteiger partial charge is 0.318 e. The molecule has 35 heavy (non-hydrogen) atoms. The number of carbonyl (C=O) groups is 1. The Morgan fingerprint density at radius 3 is 2.29 bits per heavy atom. The maximum Gasteiger partial charge on any atom is 0.318 e. The molecule has 2 aromatic rings. The first kappa shape index (κ1) is 25.6. The van der Waals surface area contributed by atoms with Gasteiger partial charge in [0, 0.05) is 45.0 Å². The Labute approximate surface area is 208 Å². The molecule has 190 valence electrons. The van der Waals surface area contributed by atoms with E-state index < -0.39 is 10.0 Å². The lowest BCUT2D eigenvalue weighted by Crippen LogP contribution is -2.41. The van der Waals surface area contributed by atoms with Crippen molar-refractivity contribution in [3.05, 3.63) is 54.1 Å². The molecule has 2 heterocycles. The standard InChI is InChI=1S/C26H35N3O5S/c1-2-25(21-5-7-22(8-6-21)29-14-3-4-15-29)26(30)34-23-9-11-24(12-10-23)35(31,32)27-13-16-28-17-19-33-20-18-28/h5-12,25,27H,2-4,13-20H2,1H3. The molecule has 0 radical (unpaired) electrons. The molecule has 2 saturated heterocycles. The zero-order chi connectivity index (χ0) is 24.7. The number of ether oxygens (including phenoxy) is 2. The molecular weight excluding hydrogens is 466 g/mol. The van der Waals surface area contributed by atoms with Crippen LogP contribution >= 0.6 is 0 Å². The number of carbonyl (C=O) groups excluding carboxylic acids is 1. The Hall–Kier alpha value is -2.46. The maximum atomic E-state index is 12.9. The summed E-state index contributed by atoms with van der Waals surface area (Å²) in [6, 6.07) is 14.1. The van der Waals surface area contributed by atoms with Gasteiger partial charge < -0.3 is 14.4 Å². The van der Waals surface area contributed by atoms with Gasteiger partial charge >= 0.3 is 5.97 Å². The van der Waals surface area contributed by atoms with E-state index in [1.54, 1.807) is 0 Å². The molecule has 2 aliphatic rings. The van der Waals surface area contributed by atoms with Crippen molar-refractivity contribution >= 4 is 21.7 Å². The van der Waals surface area contributed by atoms with Crippen LogP contribution in [-0.4, -0.2) is 71.8 Å². The molecular formula is C26H35N3O5S. The van der Waals surface area contributed by atoms with Gasteiger partial charge in [-0.2, -0.15) is 0 Å². The summed E-state index contributed by atoms with van der Waals surface area (Å²) in [5.41, 5.74) is 2.11. The quantitative estimate of drug-likeness (QED) is 0.396. The van der Waals surface area contributed by atoms with E-state index in [2.05, 4.69) is 26.7 Å². The molecule has 0 bridgehead atoms. The van der Waals surface area contributed by atoms with Crippen LogP contribution in [0.5, 0.6) is 5.75 Å². The van der Waals surface area contributed by atoms with Gasteiger partial charge in [0.2, 0.25) is 10.0 Å². The number of anilines is 1. The summed E-state index contributed by atoms with van der Waals surface area (Å²) in [5.74, 6) is -0.400.